The SMILES string of the molecule is CC1N=C(N)OC2CCCC12. The second kappa shape index (κ2) is 2.40. The van der Waals surface area contributed by atoms with E-state index < -0.39 is 0 Å². The first kappa shape index (κ1) is 6.95. The number of nitrogens with two attached hydrogens (primary N) is 1. The molecule has 1 heterocycles. The Morgan fingerprint density at radius 1 is 1.55 bits per heavy atom. The van der Waals surface area contributed by atoms with E-state index in [0.29, 0.717) is 24.1 Å². The topological polar surface area (TPSA) is 47.6 Å². The second-order valence-corrected chi connectivity index (χ2v) is 3.46. The van der Waals surface area contributed by atoms with E-state index in [-0.39, 0.29) is 0 Å². The molecule has 2 N–H and O–H groups in total. The van der Waals surface area contributed by atoms with Crippen molar-refractivity contribution in [1.29, 1.82) is 0 Å². The summed E-state index contributed by atoms with van der Waals surface area (Å²) in [7, 11) is 0. The normalized spacial score (nSPS) is 42.6. The molecule has 1 fully saturated rings. The van der Waals surface area contributed by atoms with E-state index in [1.54, 1.807) is 0 Å². The Kier molecular flexibility index (Phi) is 1.51. The minimum Gasteiger partial charge on any atom is -0.462 e. The van der Waals surface area contributed by atoms with Crippen molar-refractivity contribution < 1.29 is 4.74 Å². The van der Waals surface area contributed by atoms with Gasteiger partial charge in [0.2, 0.25) is 0 Å². The molecule has 0 bridgehead atoms. The van der Waals surface area contributed by atoms with Crippen LogP contribution in [-0.4, -0.2) is 18.2 Å². The molecule has 0 aromatic rings. The zero-order valence-electron chi connectivity index (χ0n) is 6.79. The molecule has 1 aliphatic heterocycles. The van der Waals surface area contributed by atoms with Gasteiger partial charge in [-0.05, 0) is 26.2 Å². The first-order chi connectivity index (χ1) is 5.27. The number of fused-ring (bicyclic) bond motifs is 1. The maximum Gasteiger partial charge on any atom is 0.282 e. The van der Waals surface area contributed by atoms with Crippen LogP contribution in [-0.2, 0) is 4.74 Å². The maximum atomic E-state index is 5.51. The first-order valence-electron chi connectivity index (χ1n) is 4.27. The third-order valence-corrected chi connectivity index (χ3v) is 2.73. The minimum atomic E-state index is 0.363. The van der Waals surface area contributed by atoms with Crippen molar-refractivity contribution in [3.63, 3.8) is 0 Å². The highest BCUT2D eigenvalue weighted by molar-refractivity contribution is 5.72. The van der Waals surface area contributed by atoms with E-state index in [0.717, 1.165) is 6.42 Å². The van der Waals surface area contributed by atoms with Crippen LogP contribution in [0, 0.1) is 5.92 Å². The maximum absolute atomic E-state index is 5.51. The smallest absolute Gasteiger partial charge is 0.282 e. The number of aliphatic imine (C=N–C) groups is 1. The number of amidine groups is 1. The summed E-state index contributed by atoms with van der Waals surface area (Å²) in [5, 5.41) is 0. The first-order valence-corrected chi connectivity index (χ1v) is 4.27. The lowest BCUT2D eigenvalue weighted by Gasteiger charge is -2.28. The number of hydrogen-bond donors (Lipinski definition) is 1. The highest BCUT2D eigenvalue weighted by atomic mass is 16.5. The van der Waals surface area contributed by atoms with E-state index in [4.69, 9.17) is 10.5 Å². The van der Waals surface area contributed by atoms with Crippen molar-refractivity contribution in [3.05, 3.63) is 0 Å². The van der Waals surface area contributed by atoms with Gasteiger partial charge in [-0.3, -0.25) is 0 Å². The fourth-order valence-corrected chi connectivity index (χ4v) is 2.13. The van der Waals surface area contributed by atoms with Gasteiger partial charge in [0.25, 0.3) is 6.02 Å². The van der Waals surface area contributed by atoms with Crippen LogP contribution in [0.3, 0.4) is 0 Å². The standard InChI is InChI=1S/C8H14N2O/c1-5-6-3-2-4-7(6)11-8(9)10-5/h5-7H,2-4H2,1H3,(H2,9,10). The summed E-state index contributed by atoms with van der Waals surface area (Å²) in [6.07, 6.45) is 4.04. The minimum absolute atomic E-state index is 0.363. The quantitative estimate of drug-likeness (QED) is 0.563. The predicted octanol–water partition coefficient (Wildman–Crippen LogP) is 0.888. The Balaban J connectivity index is 2.16. The van der Waals surface area contributed by atoms with Crippen molar-refractivity contribution in [2.24, 2.45) is 16.6 Å². The van der Waals surface area contributed by atoms with Crippen molar-refractivity contribution in [2.75, 3.05) is 0 Å². The van der Waals surface area contributed by atoms with Gasteiger partial charge in [-0.25, -0.2) is 4.99 Å². The van der Waals surface area contributed by atoms with Crippen molar-refractivity contribution in [3.8, 4) is 0 Å². The summed E-state index contributed by atoms with van der Waals surface area (Å²) in [5.74, 6) is 0.627. The lowest BCUT2D eigenvalue weighted by atomic mass is 9.97. The van der Waals surface area contributed by atoms with Crippen molar-refractivity contribution in [1.82, 2.24) is 0 Å². The van der Waals surface area contributed by atoms with E-state index in [1.807, 2.05) is 0 Å². The zero-order valence-corrected chi connectivity index (χ0v) is 6.79. The van der Waals surface area contributed by atoms with Crippen LogP contribution >= 0.6 is 0 Å². The van der Waals surface area contributed by atoms with E-state index in [2.05, 4.69) is 11.9 Å². The third kappa shape index (κ3) is 1.08. The highest BCUT2D eigenvalue weighted by Gasteiger charge is 2.36. The van der Waals surface area contributed by atoms with E-state index >= 15 is 0 Å². The Bertz CT molecular complexity index is 191. The highest BCUT2D eigenvalue weighted by Crippen LogP contribution is 2.34. The zero-order chi connectivity index (χ0) is 7.84. The van der Waals surface area contributed by atoms with Crippen molar-refractivity contribution in [2.45, 2.75) is 38.3 Å². The third-order valence-electron chi connectivity index (χ3n) is 2.73. The van der Waals surface area contributed by atoms with Crippen LogP contribution in [0.5, 0.6) is 0 Å². The molecule has 1 aliphatic carbocycles. The molecule has 0 amide bonds. The van der Waals surface area contributed by atoms with E-state index in [1.165, 1.54) is 12.8 Å². The molecule has 11 heavy (non-hydrogen) atoms. The van der Waals surface area contributed by atoms with Gasteiger partial charge in [-0.2, -0.15) is 0 Å². The fourth-order valence-electron chi connectivity index (χ4n) is 2.13. The molecule has 3 nitrogen and oxygen atoms in total. The number of rotatable bonds is 0. The predicted molar refractivity (Wildman–Crippen MR) is 43.3 cm³/mol. The Morgan fingerprint density at radius 3 is 3.18 bits per heavy atom. The van der Waals surface area contributed by atoms with Gasteiger partial charge in [0.15, 0.2) is 0 Å². The summed E-state index contributed by atoms with van der Waals surface area (Å²) in [6.45, 7) is 2.12. The summed E-state index contributed by atoms with van der Waals surface area (Å²) >= 11 is 0. The molecule has 2 rings (SSSR count). The molecular weight excluding hydrogens is 140 g/mol. The number of nitrogens with zero attached hydrogens (tertiary/aromatic N) is 1. The lowest BCUT2D eigenvalue weighted by Crippen LogP contribution is -2.37. The molecule has 2 aliphatic rings. The van der Waals surface area contributed by atoms with Gasteiger partial charge >= 0.3 is 0 Å². The van der Waals surface area contributed by atoms with E-state index in [9.17, 15) is 0 Å². The molecule has 3 heteroatoms. The Morgan fingerprint density at radius 2 is 2.36 bits per heavy atom. The van der Waals surface area contributed by atoms with Crippen molar-refractivity contribution >= 4 is 6.02 Å². The van der Waals surface area contributed by atoms with Crippen LogP contribution in [0.2, 0.25) is 0 Å². The molecule has 0 aromatic carbocycles. The summed E-state index contributed by atoms with van der Waals surface area (Å²) in [5.41, 5.74) is 5.51. The Hall–Kier alpha value is -0.730. The fraction of sp³-hybridized carbons (Fsp3) is 0.875. The number of hydrogen-bond acceptors (Lipinski definition) is 3. The van der Waals surface area contributed by atoms with Gasteiger partial charge < -0.3 is 10.5 Å². The van der Waals surface area contributed by atoms with Gasteiger partial charge in [-0.15, -0.1) is 0 Å². The molecule has 0 aromatic heterocycles. The largest absolute Gasteiger partial charge is 0.462 e. The van der Waals surface area contributed by atoms with Gasteiger partial charge in [-0.1, -0.05) is 0 Å². The molecule has 1 saturated carbocycles. The number of ether oxygens (including phenoxy) is 1. The van der Waals surface area contributed by atoms with Gasteiger partial charge in [0.05, 0.1) is 6.04 Å². The molecule has 3 unspecified atom stereocenters. The van der Waals surface area contributed by atoms with Crippen LogP contribution in [0.4, 0.5) is 0 Å². The molecular formula is C8H14N2O. The second-order valence-electron chi connectivity index (χ2n) is 3.46. The van der Waals surface area contributed by atoms with Gasteiger partial charge in [0.1, 0.15) is 6.10 Å². The van der Waals surface area contributed by atoms with Crippen LogP contribution in [0.15, 0.2) is 4.99 Å². The van der Waals surface area contributed by atoms with Crippen LogP contribution in [0.1, 0.15) is 26.2 Å². The molecule has 62 valence electrons. The average molecular weight is 154 g/mol. The lowest BCUT2D eigenvalue weighted by molar-refractivity contribution is 0.111. The summed E-state index contributed by atoms with van der Waals surface area (Å²) in [6, 6.07) is 0.761. The summed E-state index contributed by atoms with van der Waals surface area (Å²) < 4.78 is 5.41. The van der Waals surface area contributed by atoms with Crippen LogP contribution < -0.4 is 5.73 Å². The molecule has 0 saturated heterocycles. The molecule has 3 atom stereocenters. The Labute approximate surface area is 66.6 Å². The van der Waals surface area contributed by atoms with Crippen LogP contribution in [0.25, 0.3) is 0 Å². The monoisotopic (exact) mass is 154 g/mol. The average Bonchev–Trinajstić information content (AvgIpc) is 2.34. The van der Waals surface area contributed by atoms with Gasteiger partial charge in [0, 0.05) is 5.92 Å². The molecule has 0 spiro atoms. The molecule has 0 radical (unpaired) electrons. The summed E-state index contributed by atoms with van der Waals surface area (Å²) in [4.78, 5) is 4.20.